The Hall–Kier alpha value is -1.42. The van der Waals surface area contributed by atoms with Gasteiger partial charge in [0.25, 0.3) is 0 Å². The van der Waals surface area contributed by atoms with Gasteiger partial charge in [0.05, 0.1) is 12.0 Å². The molecule has 1 fully saturated rings. The molecule has 1 aliphatic rings. The standard InChI is InChI=1S/C14H20N2O2/c1-10-5-6-12(8-15-10)9-16-14(17)13-4-3-7-18-11(13)2/h5-6,8,11,13H,3-4,7,9H2,1-2H3,(H,16,17)/t11-,13-/m1/s1. The third kappa shape index (κ3) is 3.29. The van der Waals surface area contributed by atoms with Crippen LogP contribution in [0.1, 0.15) is 31.0 Å². The van der Waals surface area contributed by atoms with Gasteiger partial charge in [-0.15, -0.1) is 0 Å². The van der Waals surface area contributed by atoms with E-state index < -0.39 is 0 Å². The number of carbonyl (C=O) groups excluding carboxylic acids is 1. The van der Waals surface area contributed by atoms with Crippen LogP contribution in [0.2, 0.25) is 0 Å². The first-order valence-corrected chi connectivity index (χ1v) is 6.47. The number of carbonyl (C=O) groups is 1. The topological polar surface area (TPSA) is 51.2 Å². The largest absolute Gasteiger partial charge is 0.378 e. The van der Waals surface area contributed by atoms with Gasteiger partial charge in [-0.2, -0.15) is 0 Å². The van der Waals surface area contributed by atoms with Gasteiger partial charge in [-0.25, -0.2) is 0 Å². The Labute approximate surface area is 108 Å². The number of hydrogen-bond donors (Lipinski definition) is 1. The summed E-state index contributed by atoms with van der Waals surface area (Å²) in [6, 6.07) is 3.94. The molecule has 0 aromatic carbocycles. The molecule has 0 bridgehead atoms. The Bertz CT molecular complexity index is 403. The van der Waals surface area contributed by atoms with Crippen LogP contribution in [0, 0.1) is 12.8 Å². The van der Waals surface area contributed by atoms with E-state index in [1.807, 2.05) is 26.0 Å². The fourth-order valence-corrected chi connectivity index (χ4v) is 2.19. The Morgan fingerprint density at radius 2 is 2.39 bits per heavy atom. The molecule has 2 atom stereocenters. The van der Waals surface area contributed by atoms with Crippen LogP contribution in [0.5, 0.6) is 0 Å². The van der Waals surface area contributed by atoms with E-state index in [9.17, 15) is 4.79 Å². The molecule has 1 aromatic rings. The first-order valence-electron chi connectivity index (χ1n) is 6.47. The van der Waals surface area contributed by atoms with Crippen LogP contribution in [0.15, 0.2) is 18.3 Å². The number of amides is 1. The summed E-state index contributed by atoms with van der Waals surface area (Å²) >= 11 is 0. The predicted molar refractivity (Wildman–Crippen MR) is 69.0 cm³/mol. The zero-order valence-electron chi connectivity index (χ0n) is 11.0. The molecule has 0 aliphatic carbocycles. The van der Waals surface area contributed by atoms with Gasteiger partial charge in [-0.1, -0.05) is 6.07 Å². The third-order valence-electron chi connectivity index (χ3n) is 3.38. The SMILES string of the molecule is Cc1ccc(CNC(=O)[C@@H]2CCCO[C@@H]2C)cn1. The third-order valence-corrected chi connectivity index (χ3v) is 3.38. The molecular weight excluding hydrogens is 228 g/mol. The van der Waals surface area contributed by atoms with E-state index in [1.54, 1.807) is 6.20 Å². The maximum absolute atomic E-state index is 12.0. The number of aryl methyl sites for hydroxylation is 1. The number of rotatable bonds is 3. The first-order chi connectivity index (χ1) is 8.66. The molecule has 2 heterocycles. The Balaban J connectivity index is 1.85. The maximum Gasteiger partial charge on any atom is 0.225 e. The minimum absolute atomic E-state index is 0.0165. The number of ether oxygens (including phenoxy) is 1. The summed E-state index contributed by atoms with van der Waals surface area (Å²) in [6.07, 6.45) is 3.71. The van der Waals surface area contributed by atoms with Crippen LogP contribution in [-0.2, 0) is 16.1 Å². The van der Waals surface area contributed by atoms with Crippen LogP contribution >= 0.6 is 0 Å². The van der Waals surface area contributed by atoms with E-state index >= 15 is 0 Å². The normalized spacial score (nSPS) is 23.7. The van der Waals surface area contributed by atoms with Gasteiger partial charge in [-0.3, -0.25) is 9.78 Å². The number of hydrogen-bond acceptors (Lipinski definition) is 3. The molecule has 4 heteroatoms. The maximum atomic E-state index is 12.0. The number of aromatic nitrogens is 1. The van der Waals surface area contributed by atoms with Crippen LogP contribution in [0.4, 0.5) is 0 Å². The molecule has 0 radical (unpaired) electrons. The highest BCUT2D eigenvalue weighted by molar-refractivity contribution is 5.79. The number of nitrogens with one attached hydrogen (secondary N) is 1. The lowest BCUT2D eigenvalue weighted by Crippen LogP contribution is -2.39. The molecule has 1 aromatic heterocycles. The van der Waals surface area contributed by atoms with Crippen molar-refractivity contribution in [1.82, 2.24) is 10.3 Å². The molecule has 98 valence electrons. The van der Waals surface area contributed by atoms with Crippen LogP contribution < -0.4 is 5.32 Å². The zero-order chi connectivity index (χ0) is 13.0. The number of nitrogens with zero attached hydrogens (tertiary/aromatic N) is 1. The van der Waals surface area contributed by atoms with E-state index in [1.165, 1.54) is 0 Å². The summed E-state index contributed by atoms with van der Waals surface area (Å²) in [4.78, 5) is 16.2. The molecule has 4 nitrogen and oxygen atoms in total. The van der Waals surface area contributed by atoms with Crippen molar-refractivity contribution >= 4 is 5.91 Å². The van der Waals surface area contributed by atoms with E-state index in [0.717, 1.165) is 30.7 Å². The van der Waals surface area contributed by atoms with Crippen molar-refractivity contribution in [2.24, 2.45) is 5.92 Å². The Kier molecular flexibility index (Phi) is 4.31. The van der Waals surface area contributed by atoms with Gasteiger partial charge in [-0.05, 0) is 38.3 Å². The molecule has 1 aliphatic heterocycles. The predicted octanol–water partition coefficient (Wildman–Crippen LogP) is 1.82. The molecule has 1 saturated heterocycles. The van der Waals surface area contributed by atoms with Crippen molar-refractivity contribution in [3.05, 3.63) is 29.6 Å². The van der Waals surface area contributed by atoms with Crippen molar-refractivity contribution in [2.45, 2.75) is 39.3 Å². The van der Waals surface area contributed by atoms with Gasteiger partial charge < -0.3 is 10.1 Å². The summed E-state index contributed by atoms with van der Waals surface area (Å²) < 4.78 is 5.51. The van der Waals surface area contributed by atoms with Crippen molar-refractivity contribution in [3.8, 4) is 0 Å². The lowest BCUT2D eigenvalue weighted by atomic mass is 9.94. The average Bonchev–Trinajstić information content (AvgIpc) is 2.38. The highest BCUT2D eigenvalue weighted by Crippen LogP contribution is 2.20. The fraction of sp³-hybridized carbons (Fsp3) is 0.571. The monoisotopic (exact) mass is 248 g/mol. The molecule has 0 saturated carbocycles. The van der Waals surface area contributed by atoms with Gasteiger partial charge >= 0.3 is 0 Å². The van der Waals surface area contributed by atoms with Crippen LogP contribution in [-0.4, -0.2) is 23.6 Å². The van der Waals surface area contributed by atoms with Crippen molar-refractivity contribution < 1.29 is 9.53 Å². The summed E-state index contributed by atoms with van der Waals surface area (Å²) in [5, 5.41) is 2.96. The first kappa shape index (κ1) is 13.0. The Morgan fingerprint density at radius 3 is 3.06 bits per heavy atom. The second-order valence-electron chi connectivity index (χ2n) is 4.85. The molecule has 0 spiro atoms. The summed E-state index contributed by atoms with van der Waals surface area (Å²) in [7, 11) is 0. The molecule has 0 unspecified atom stereocenters. The lowest BCUT2D eigenvalue weighted by molar-refractivity contribution is -0.133. The van der Waals surface area contributed by atoms with E-state index in [2.05, 4.69) is 10.3 Å². The Morgan fingerprint density at radius 1 is 1.56 bits per heavy atom. The minimum atomic E-state index is -0.0165. The lowest BCUT2D eigenvalue weighted by Gasteiger charge is -2.28. The van der Waals surface area contributed by atoms with Crippen LogP contribution in [0.25, 0.3) is 0 Å². The smallest absolute Gasteiger partial charge is 0.225 e. The van der Waals surface area contributed by atoms with Gasteiger partial charge in [0.2, 0.25) is 5.91 Å². The number of pyridine rings is 1. The van der Waals surface area contributed by atoms with E-state index in [0.29, 0.717) is 6.54 Å². The van der Waals surface area contributed by atoms with Crippen molar-refractivity contribution in [2.75, 3.05) is 6.61 Å². The highest BCUT2D eigenvalue weighted by Gasteiger charge is 2.28. The van der Waals surface area contributed by atoms with E-state index in [4.69, 9.17) is 4.74 Å². The molecular formula is C14H20N2O2. The quantitative estimate of drug-likeness (QED) is 0.887. The summed E-state index contributed by atoms with van der Waals surface area (Å²) in [5.41, 5.74) is 2.01. The van der Waals surface area contributed by atoms with Gasteiger partial charge in [0, 0.05) is 25.0 Å². The second kappa shape index (κ2) is 5.96. The van der Waals surface area contributed by atoms with E-state index in [-0.39, 0.29) is 17.9 Å². The minimum Gasteiger partial charge on any atom is -0.378 e. The van der Waals surface area contributed by atoms with Crippen LogP contribution in [0.3, 0.4) is 0 Å². The van der Waals surface area contributed by atoms with Gasteiger partial charge in [0.1, 0.15) is 0 Å². The second-order valence-corrected chi connectivity index (χ2v) is 4.85. The molecule has 18 heavy (non-hydrogen) atoms. The van der Waals surface area contributed by atoms with Gasteiger partial charge in [0.15, 0.2) is 0 Å². The van der Waals surface area contributed by atoms with Crippen molar-refractivity contribution in [3.63, 3.8) is 0 Å². The highest BCUT2D eigenvalue weighted by atomic mass is 16.5. The summed E-state index contributed by atoms with van der Waals surface area (Å²) in [5.74, 6) is 0.0694. The van der Waals surface area contributed by atoms with Crippen molar-refractivity contribution in [1.29, 1.82) is 0 Å². The fourth-order valence-electron chi connectivity index (χ4n) is 2.19. The average molecular weight is 248 g/mol. The molecule has 1 amide bonds. The molecule has 1 N–H and O–H groups in total. The zero-order valence-corrected chi connectivity index (χ0v) is 11.0. The molecule has 2 rings (SSSR count). The summed E-state index contributed by atoms with van der Waals surface area (Å²) in [6.45, 7) is 5.22.